The first-order valence-corrected chi connectivity index (χ1v) is 22.9. The Kier molecular flexibility index (Phi) is 9.97. The highest BCUT2D eigenvalue weighted by molar-refractivity contribution is 6.38. The molecule has 0 spiro atoms. The van der Waals surface area contributed by atoms with Gasteiger partial charge in [-0.1, -0.05) is 267 Å². The van der Waals surface area contributed by atoms with Gasteiger partial charge in [0.1, 0.15) is 0 Å². The van der Waals surface area contributed by atoms with Gasteiger partial charge in [0.2, 0.25) is 0 Å². The van der Waals surface area contributed by atoms with Crippen molar-refractivity contribution < 1.29 is 0 Å². The molecule has 0 aromatic heterocycles. The highest BCUT2D eigenvalue weighted by Crippen LogP contribution is 2.58. The molecule has 0 bridgehead atoms. The van der Waals surface area contributed by atoms with Crippen LogP contribution < -0.4 is 0 Å². The molecule has 0 aliphatic carbocycles. The van der Waals surface area contributed by atoms with Crippen molar-refractivity contribution >= 4 is 32.3 Å². The summed E-state index contributed by atoms with van der Waals surface area (Å²) >= 11 is 0. The lowest BCUT2D eigenvalue weighted by Gasteiger charge is -2.29. The molecule has 0 heterocycles. The van der Waals surface area contributed by atoms with Gasteiger partial charge in [-0.15, -0.1) is 0 Å². The monoisotopic (exact) mass is 836 g/mol. The molecule has 0 fully saturated rings. The average Bonchev–Trinajstić information content (AvgIpc) is 3.41. The van der Waals surface area contributed by atoms with Crippen LogP contribution in [0.5, 0.6) is 0 Å². The lowest BCUT2D eigenvalue weighted by Crippen LogP contribution is -2.01. The molecule has 0 atom stereocenters. The second-order valence-corrected chi connectivity index (χ2v) is 17.0. The highest BCUT2D eigenvalue weighted by Gasteiger charge is 2.31. The minimum Gasteiger partial charge on any atom is -0.0622 e. The van der Waals surface area contributed by atoms with Gasteiger partial charge in [0.15, 0.2) is 0 Å². The zero-order valence-corrected chi connectivity index (χ0v) is 36.4. The van der Waals surface area contributed by atoms with Crippen molar-refractivity contribution in [2.45, 2.75) is 0 Å². The van der Waals surface area contributed by atoms with E-state index in [0.29, 0.717) is 0 Å². The summed E-state index contributed by atoms with van der Waals surface area (Å²) in [7, 11) is 0. The molecule has 0 aliphatic rings. The summed E-state index contributed by atoms with van der Waals surface area (Å²) in [6, 6.07) is 98.2. The Hall–Kier alpha value is -8.58. The molecule has 0 unspecified atom stereocenters. The SMILES string of the molecule is c1ccc(-c2ccc(-c3ccccc3)c3c(-c4ccccc4)c4c(-c5ccccc5)c5c(-c6ccccc6)ccc(-c6ccccc6)c5c(-c5ccccc5)c4c(-c4ccccc4)c23)cc1. The molecular weight excluding hydrogens is 793 g/mol. The zero-order chi connectivity index (χ0) is 43.8. The van der Waals surface area contributed by atoms with Crippen molar-refractivity contribution in [3.05, 3.63) is 267 Å². The summed E-state index contributed by atoms with van der Waals surface area (Å²) in [5.74, 6) is 0. The van der Waals surface area contributed by atoms with Gasteiger partial charge in [0, 0.05) is 0 Å². The average molecular weight is 837 g/mol. The Bertz CT molecular complexity index is 3170. The Morgan fingerprint density at radius 3 is 0.439 bits per heavy atom. The van der Waals surface area contributed by atoms with Crippen LogP contribution >= 0.6 is 0 Å². The number of rotatable bonds is 8. The lowest BCUT2D eigenvalue weighted by atomic mass is 9.73. The van der Waals surface area contributed by atoms with E-state index in [0.717, 1.165) is 0 Å². The highest BCUT2D eigenvalue weighted by atomic mass is 14.3. The lowest BCUT2D eigenvalue weighted by molar-refractivity contribution is 1.60. The second-order valence-electron chi connectivity index (χ2n) is 17.0. The van der Waals surface area contributed by atoms with Crippen LogP contribution in [0.3, 0.4) is 0 Å². The maximum atomic E-state index is 2.37. The predicted molar refractivity (Wildman–Crippen MR) is 282 cm³/mol. The fourth-order valence-corrected chi connectivity index (χ4v) is 10.5. The molecule has 0 heteroatoms. The van der Waals surface area contributed by atoms with Gasteiger partial charge in [0.05, 0.1) is 0 Å². The van der Waals surface area contributed by atoms with Crippen LogP contribution in [0.1, 0.15) is 0 Å². The van der Waals surface area contributed by atoms with Crippen molar-refractivity contribution in [3.8, 4) is 89.0 Å². The van der Waals surface area contributed by atoms with E-state index in [2.05, 4.69) is 267 Å². The molecular formula is C66H44. The summed E-state index contributed by atoms with van der Waals surface area (Å²) in [5.41, 5.74) is 19.1. The summed E-state index contributed by atoms with van der Waals surface area (Å²) in [6.45, 7) is 0. The predicted octanol–water partition coefficient (Wildman–Crippen LogP) is 18.5. The smallest absolute Gasteiger partial charge is 0.0000929 e. The first kappa shape index (κ1) is 39.0. The second kappa shape index (κ2) is 16.8. The van der Waals surface area contributed by atoms with E-state index in [1.807, 2.05) is 0 Å². The first-order valence-electron chi connectivity index (χ1n) is 22.9. The van der Waals surface area contributed by atoms with Crippen molar-refractivity contribution in [2.75, 3.05) is 0 Å². The van der Waals surface area contributed by atoms with Crippen LogP contribution in [0, 0.1) is 0 Å². The van der Waals surface area contributed by atoms with E-state index < -0.39 is 0 Å². The van der Waals surface area contributed by atoms with Gasteiger partial charge in [-0.05, 0) is 121 Å². The van der Waals surface area contributed by atoms with Gasteiger partial charge in [-0.3, -0.25) is 0 Å². The zero-order valence-electron chi connectivity index (χ0n) is 36.4. The minimum atomic E-state index is 1.17. The Labute approximate surface area is 386 Å². The third-order valence-electron chi connectivity index (χ3n) is 13.2. The molecule has 12 aromatic rings. The molecule has 308 valence electrons. The van der Waals surface area contributed by atoms with Crippen LogP contribution in [0.4, 0.5) is 0 Å². The quantitative estimate of drug-likeness (QED) is 0.134. The van der Waals surface area contributed by atoms with E-state index in [4.69, 9.17) is 0 Å². The van der Waals surface area contributed by atoms with E-state index in [9.17, 15) is 0 Å². The normalized spacial score (nSPS) is 11.3. The van der Waals surface area contributed by atoms with E-state index >= 15 is 0 Å². The van der Waals surface area contributed by atoms with Gasteiger partial charge in [-0.25, -0.2) is 0 Å². The molecule has 12 rings (SSSR count). The van der Waals surface area contributed by atoms with Crippen molar-refractivity contribution in [1.29, 1.82) is 0 Å². The standard InChI is InChI=1S/C66H44/c1-9-25-45(26-10-1)53-41-42-54(46-27-11-2-12-28-46)62-58(50-35-19-6-20-36-50)66-60(52-39-23-8-24-40-52)64-56(48-31-15-4-16-32-48)44-43-55(47-29-13-3-14-30-47)63(64)59(51-37-21-7-22-38-51)65(66)57(61(53)62)49-33-17-5-18-34-49/h1-44H. The molecule has 0 nitrogen and oxygen atoms in total. The summed E-state index contributed by atoms with van der Waals surface area (Å²) < 4.78 is 0. The third-order valence-corrected chi connectivity index (χ3v) is 13.2. The molecule has 12 aromatic carbocycles. The Morgan fingerprint density at radius 1 is 0.121 bits per heavy atom. The van der Waals surface area contributed by atoms with E-state index in [1.165, 1.54) is 121 Å². The fraction of sp³-hybridized carbons (Fsp3) is 0. The maximum Gasteiger partial charge on any atom is -0.0000929 e. The first-order chi connectivity index (χ1) is 32.8. The minimum absolute atomic E-state index is 1.17. The van der Waals surface area contributed by atoms with Gasteiger partial charge in [-0.2, -0.15) is 0 Å². The number of hydrogen-bond acceptors (Lipinski definition) is 0. The number of benzene rings is 12. The Morgan fingerprint density at radius 2 is 0.273 bits per heavy atom. The van der Waals surface area contributed by atoms with E-state index in [1.54, 1.807) is 0 Å². The van der Waals surface area contributed by atoms with E-state index in [-0.39, 0.29) is 0 Å². The molecule has 0 saturated carbocycles. The van der Waals surface area contributed by atoms with Crippen LogP contribution in [0.25, 0.3) is 121 Å². The largest absolute Gasteiger partial charge is 0.0622 e. The molecule has 66 heavy (non-hydrogen) atoms. The topological polar surface area (TPSA) is 0 Å². The molecule has 0 N–H and O–H groups in total. The van der Waals surface area contributed by atoms with Crippen LogP contribution in [-0.2, 0) is 0 Å². The Balaban J connectivity index is 1.51. The fourth-order valence-electron chi connectivity index (χ4n) is 10.5. The summed E-state index contributed by atoms with van der Waals surface area (Å²) in [5, 5.41) is 7.39. The molecule has 0 amide bonds. The molecule has 0 radical (unpaired) electrons. The molecule has 0 aliphatic heterocycles. The summed E-state index contributed by atoms with van der Waals surface area (Å²) in [4.78, 5) is 0. The van der Waals surface area contributed by atoms with Crippen LogP contribution in [0.2, 0.25) is 0 Å². The molecule has 0 saturated heterocycles. The van der Waals surface area contributed by atoms with Crippen LogP contribution in [0.15, 0.2) is 267 Å². The summed E-state index contributed by atoms with van der Waals surface area (Å²) in [6.07, 6.45) is 0. The van der Waals surface area contributed by atoms with Crippen LogP contribution in [-0.4, -0.2) is 0 Å². The van der Waals surface area contributed by atoms with Gasteiger partial charge >= 0.3 is 0 Å². The number of hydrogen-bond donors (Lipinski definition) is 0. The van der Waals surface area contributed by atoms with Gasteiger partial charge < -0.3 is 0 Å². The van der Waals surface area contributed by atoms with Crippen molar-refractivity contribution in [3.63, 3.8) is 0 Å². The van der Waals surface area contributed by atoms with Crippen molar-refractivity contribution in [2.24, 2.45) is 0 Å². The van der Waals surface area contributed by atoms with Gasteiger partial charge in [0.25, 0.3) is 0 Å². The number of fused-ring (bicyclic) bond motifs is 3. The van der Waals surface area contributed by atoms with Crippen molar-refractivity contribution in [1.82, 2.24) is 0 Å². The maximum absolute atomic E-state index is 2.37. The third kappa shape index (κ3) is 6.62.